The van der Waals surface area contributed by atoms with Gasteiger partial charge >= 0.3 is 6.36 Å². The fourth-order valence-corrected chi connectivity index (χ4v) is 3.36. The molecule has 0 spiro atoms. The number of nitrogens with zero attached hydrogens (tertiary/aromatic N) is 4. The number of anilines is 2. The highest BCUT2D eigenvalue weighted by atomic mass is 19.4. The summed E-state index contributed by atoms with van der Waals surface area (Å²) in [5.41, 5.74) is 2.11. The van der Waals surface area contributed by atoms with Crippen LogP contribution in [0.25, 0.3) is 11.1 Å². The number of hydrogen-bond donors (Lipinski definition) is 1. The van der Waals surface area contributed by atoms with E-state index in [1.165, 1.54) is 24.7 Å². The van der Waals surface area contributed by atoms with Crippen LogP contribution in [0, 0.1) is 0 Å². The molecule has 1 amide bonds. The molecule has 1 aliphatic heterocycles. The van der Waals surface area contributed by atoms with Gasteiger partial charge in [0.1, 0.15) is 17.9 Å². The van der Waals surface area contributed by atoms with Gasteiger partial charge in [-0.05, 0) is 43.2 Å². The third kappa shape index (κ3) is 5.08. The van der Waals surface area contributed by atoms with Crippen molar-refractivity contribution >= 4 is 17.4 Å². The van der Waals surface area contributed by atoms with Gasteiger partial charge in [-0.25, -0.2) is 15.0 Å². The van der Waals surface area contributed by atoms with Crippen molar-refractivity contribution in [2.24, 2.45) is 0 Å². The molecule has 0 unspecified atom stereocenters. The van der Waals surface area contributed by atoms with Crippen LogP contribution in [0.2, 0.25) is 0 Å². The van der Waals surface area contributed by atoms with Gasteiger partial charge in [-0.3, -0.25) is 4.79 Å². The van der Waals surface area contributed by atoms with E-state index in [0.29, 0.717) is 11.3 Å². The Kier molecular flexibility index (Phi) is 5.70. The maximum absolute atomic E-state index is 12.7. The van der Waals surface area contributed by atoms with E-state index in [1.54, 1.807) is 18.5 Å². The number of nitrogens with one attached hydrogen (secondary N) is 1. The molecule has 3 aromatic rings. The van der Waals surface area contributed by atoms with Gasteiger partial charge in [-0.15, -0.1) is 13.2 Å². The predicted molar refractivity (Wildman–Crippen MR) is 108 cm³/mol. The molecule has 160 valence electrons. The Labute approximate surface area is 175 Å². The summed E-state index contributed by atoms with van der Waals surface area (Å²) in [5.74, 6) is -0.0472. The van der Waals surface area contributed by atoms with Crippen molar-refractivity contribution in [1.29, 1.82) is 0 Å². The largest absolute Gasteiger partial charge is 0.573 e. The first kappa shape index (κ1) is 20.6. The van der Waals surface area contributed by atoms with Crippen molar-refractivity contribution in [3.8, 4) is 16.9 Å². The number of ether oxygens (including phenoxy) is 1. The average Bonchev–Trinajstić information content (AvgIpc) is 3.29. The topological polar surface area (TPSA) is 80.2 Å². The van der Waals surface area contributed by atoms with Crippen molar-refractivity contribution in [3.63, 3.8) is 0 Å². The Bertz CT molecular complexity index is 1050. The molecule has 1 N–H and O–H groups in total. The first-order valence-corrected chi connectivity index (χ1v) is 9.56. The zero-order valence-corrected chi connectivity index (χ0v) is 16.3. The van der Waals surface area contributed by atoms with Crippen LogP contribution in [-0.2, 0) is 0 Å². The third-order valence-electron chi connectivity index (χ3n) is 4.75. The number of rotatable bonds is 5. The van der Waals surface area contributed by atoms with Crippen LogP contribution in [0.5, 0.6) is 5.75 Å². The zero-order valence-electron chi connectivity index (χ0n) is 16.3. The summed E-state index contributed by atoms with van der Waals surface area (Å²) in [6.45, 7) is 1.76. The fraction of sp³-hybridized carbons (Fsp3) is 0.238. The lowest BCUT2D eigenvalue weighted by Crippen LogP contribution is -2.21. The van der Waals surface area contributed by atoms with E-state index in [2.05, 4.69) is 29.9 Å². The summed E-state index contributed by atoms with van der Waals surface area (Å²) in [4.78, 5) is 27.5. The number of carbonyl (C=O) groups is 1. The molecular weight excluding hydrogens is 411 g/mol. The second kappa shape index (κ2) is 8.58. The first-order chi connectivity index (χ1) is 14.9. The molecular formula is C21H18F3N5O2. The van der Waals surface area contributed by atoms with E-state index in [0.717, 1.165) is 55.0 Å². The maximum Gasteiger partial charge on any atom is 0.573 e. The van der Waals surface area contributed by atoms with E-state index >= 15 is 0 Å². The van der Waals surface area contributed by atoms with E-state index in [-0.39, 0.29) is 5.75 Å². The van der Waals surface area contributed by atoms with Crippen molar-refractivity contribution < 1.29 is 22.7 Å². The summed E-state index contributed by atoms with van der Waals surface area (Å²) in [6.07, 6.45) is 3.60. The normalized spacial score (nSPS) is 13.8. The molecule has 0 aliphatic carbocycles. The number of hydrogen-bond acceptors (Lipinski definition) is 6. The minimum absolute atomic E-state index is 0.303. The lowest BCUT2D eigenvalue weighted by atomic mass is 10.1. The number of halogens is 3. The highest BCUT2D eigenvalue weighted by Gasteiger charge is 2.31. The molecule has 1 fully saturated rings. The highest BCUT2D eigenvalue weighted by molar-refractivity contribution is 6.05. The van der Waals surface area contributed by atoms with Gasteiger partial charge in [0.25, 0.3) is 5.91 Å². The monoisotopic (exact) mass is 429 g/mol. The summed E-state index contributed by atoms with van der Waals surface area (Å²) in [7, 11) is 0. The van der Waals surface area contributed by atoms with Crippen molar-refractivity contribution in [2.45, 2.75) is 19.2 Å². The fourth-order valence-electron chi connectivity index (χ4n) is 3.36. The number of alkyl halides is 3. The number of carbonyl (C=O) groups excluding carboxylic acids is 1. The average molecular weight is 429 g/mol. The van der Waals surface area contributed by atoms with Crippen LogP contribution >= 0.6 is 0 Å². The van der Waals surface area contributed by atoms with E-state index in [4.69, 9.17) is 0 Å². The van der Waals surface area contributed by atoms with Crippen LogP contribution in [0.3, 0.4) is 0 Å². The Morgan fingerprint density at radius 1 is 1.03 bits per heavy atom. The van der Waals surface area contributed by atoms with Gasteiger partial charge in [-0.2, -0.15) is 0 Å². The molecule has 3 heterocycles. The number of amides is 1. The molecule has 0 saturated carbocycles. The molecule has 0 bridgehead atoms. The Balaban J connectivity index is 1.57. The van der Waals surface area contributed by atoms with E-state index in [9.17, 15) is 18.0 Å². The molecule has 7 nitrogen and oxygen atoms in total. The molecule has 1 aliphatic rings. The van der Waals surface area contributed by atoms with Crippen LogP contribution < -0.4 is 15.0 Å². The molecule has 1 aromatic carbocycles. The molecule has 2 aromatic heterocycles. The maximum atomic E-state index is 12.7. The van der Waals surface area contributed by atoms with Gasteiger partial charge in [0.2, 0.25) is 0 Å². The Morgan fingerprint density at radius 2 is 1.71 bits per heavy atom. The van der Waals surface area contributed by atoms with Crippen molar-refractivity contribution in [3.05, 3.63) is 60.8 Å². The number of aromatic nitrogens is 3. The van der Waals surface area contributed by atoms with Crippen LogP contribution in [0.15, 0.2) is 55.2 Å². The van der Waals surface area contributed by atoms with Gasteiger partial charge in [0.15, 0.2) is 0 Å². The SMILES string of the molecule is O=C(Nc1ccc(OC(F)(F)F)cc1)c1cnc(N2CCCC2)c(-c2cncnc2)c1. The van der Waals surface area contributed by atoms with Gasteiger partial charge in [0, 0.05) is 48.5 Å². The van der Waals surface area contributed by atoms with Gasteiger partial charge in [0.05, 0.1) is 5.56 Å². The molecule has 0 radical (unpaired) electrons. The molecule has 10 heteroatoms. The number of pyridine rings is 1. The summed E-state index contributed by atoms with van der Waals surface area (Å²) < 4.78 is 40.7. The molecule has 0 atom stereocenters. The standard InChI is InChI=1S/C21H18F3N5O2/c22-21(23,24)31-17-5-3-16(4-6-17)28-20(30)14-9-18(15-10-25-13-26-11-15)19(27-12-14)29-7-1-2-8-29/h3-6,9-13H,1-2,7-8H2,(H,28,30). The van der Waals surface area contributed by atoms with Crippen molar-refractivity contribution in [1.82, 2.24) is 15.0 Å². The zero-order chi connectivity index (χ0) is 21.8. The van der Waals surface area contributed by atoms with Crippen molar-refractivity contribution in [2.75, 3.05) is 23.3 Å². The third-order valence-corrected chi connectivity index (χ3v) is 4.75. The smallest absolute Gasteiger partial charge is 0.406 e. The lowest BCUT2D eigenvalue weighted by molar-refractivity contribution is -0.274. The predicted octanol–water partition coefficient (Wildman–Crippen LogP) is 4.29. The quantitative estimate of drug-likeness (QED) is 0.652. The second-order valence-corrected chi connectivity index (χ2v) is 6.94. The number of benzene rings is 1. The minimum Gasteiger partial charge on any atom is -0.406 e. The molecule has 31 heavy (non-hydrogen) atoms. The van der Waals surface area contributed by atoms with Gasteiger partial charge in [-0.1, -0.05) is 0 Å². The summed E-state index contributed by atoms with van der Waals surface area (Å²) >= 11 is 0. The molecule has 4 rings (SSSR count). The summed E-state index contributed by atoms with van der Waals surface area (Å²) in [6, 6.07) is 6.64. The van der Waals surface area contributed by atoms with Gasteiger partial charge < -0.3 is 15.0 Å². The Hall–Kier alpha value is -3.69. The van der Waals surface area contributed by atoms with Crippen LogP contribution in [-0.4, -0.2) is 40.3 Å². The van der Waals surface area contributed by atoms with E-state index < -0.39 is 12.3 Å². The minimum atomic E-state index is -4.77. The van der Waals surface area contributed by atoms with Crippen LogP contribution in [0.1, 0.15) is 23.2 Å². The molecule has 1 saturated heterocycles. The first-order valence-electron chi connectivity index (χ1n) is 9.56. The second-order valence-electron chi connectivity index (χ2n) is 6.94. The summed E-state index contributed by atoms with van der Waals surface area (Å²) in [5, 5.41) is 2.66. The lowest BCUT2D eigenvalue weighted by Gasteiger charge is -2.20. The highest BCUT2D eigenvalue weighted by Crippen LogP contribution is 2.31. The Morgan fingerprint density at radius 3 is 2.35 bits per heavy atom. The van der Waals surface area contributed by atoms with Crippen LogP contribution in [0.4, 0.5) is 24.7 Å². The van der Waals surface area contributed by atoms with E-state index in [1.807, 2.05) is 0 Å².